The molecule has 96 valence electrons. The van der Waals surface area contributed by atoms with Crippen LogP contribution in [0.25, 0.3) is 10.9 Å². The van der Waals surface area contributed by atoms with Crippen molar-refractivity contribution in [3.63, 3.8) is 0 Å². The lowest BCUT2D eigenvalue weighted by Crippen LogP contribution is -2.13. The molecule has 0 saturated carbocycles. The minimum atomic E-state index is -0.110. The topological polar surface area (TPSA) is 82.0 Å². The van der Waals surface area contributed by atoms with E-state index in [1.807, 2.05) is 6.07 Å². The third-order valence-corrected chi connectivity index (χ3v) is 2.22. The van der Waals surface area contributed by atoms with Crippen molar-refractivity contribution < 1.29 is 4.79 Å². The van der Waals surface area contributed by atoms with E-state index in [4.69, 9.17) is 11.5 Å². The zero-order valence-corrected chi connectivity index (χ0v) is 10.8. The highest BCUT2D eigenvalue weighted by Crippen LogP contribution is 2.16. The second-order valence-corrected chi connectivity index (χ2v) is 4.01. The van der Waals surface area contributed by atoms with Crippen LogP contribution in [0.2, 0.25) is 0 Å². The van der Waals surface area contributed by atoms with Crippen LogP contribution in [0, 0.1) is 0 Å². The number of hydrogen-bond donors (Lipinski definition) is 2. The number of carbonyl (C=O) groups excluding carboxylic acids is 1. The van der Waals surface area contributed by atoms with Gasteiger partial charge in [-0.25, -0.2) is 0 Å². The summed E-state index contributed by atoms with van der Waals surface area (Å²) in [5.74, 6) is -0.110. The van der Waals surface area contributed by atoms with Crippen molar-refractivity contribution in [1.82, 2.24) is 4.98 Å². The Morgan fingerprint density at radius 3 is 2.56 bits per heavy atom. The molecule has 1 aromatic carbocycles. The van der Waals surface area contributed by atoms with E-state index in [0.717, 1.165) is 10.9 Å². The Labute approximate surface area is 107 Å². The molecular weight excluding hydrogens is 226 g/mol. The number of fused-ring (bicyclic) bond motifs is 1. The quantitative estimate of drug-likeness (QED) is 0.628. The van der Waals surface area contributed by atoms with Crippen LogP contribution in [0.3, 0.4) is 0 Å². The Morgan fingerprint density at radius 1 is 1.28 bits per heavy atom. The van der Waals surface area contributed by atoms with Crippen molar-refractivity contribution in [1.29, 1.82) is 0 Å². The molecule has 0 unspecified atom stereocenters. The highest BCUT2D eigenvalue weighted by molar-refractivity contribution is 6.00. The highest BCUT2D eigenvalue weighted by Gasteiger charge is 2.04. The van der Waals surface area contributed by atoms with Gasteiger partial charge in [0.1, 0.15) is 0 Å². The van der Waals surface area contributed by atoms with Crippen molar-refractivity contribution in [3.05, 3.63) is 36.0 Å². The number of hydrogen-bond acceptors (Lipinski definition) is 4. The lowest BCUT2D eigenvalue weighted by molar-refractivity contribution is 0.100. The molecule has 4 heteroatoms. The molecule has 0 fully saturated rings. The Morgan fingerprint density at radius 2 is 1.94 bits per heavy atom. The molecule has 0 saturated heterocycles. The first-order valence-electron chi connectivity index (χ1n) is 6.00. The third kappa shape index (κ3) is 3.53. The van der Waals surface area contributed by atoms with Gasteiger partial charge in [-0.05, 0) is 18.2 Å². The summed E-state index contributed by atoms with van der Waals surface area (Å²) < 4.78 is 0. The largest absolute Gasteiger partial charge is 0.399 e. The predicted molar refractivity (Wildman–Crippen MR) is 75.5 cm³/mol. The smallest absolute Gasteiger partial charge is 0.177 e. The summed E-state index contributed by atoms with van der Waals surface area (Å²) in [4.78, 5) is 15.5. The number of carbonyl (C=O) groups is 1. The first-order chi connectivity index (χ1) is 8.62. The third-order valence-electron chi connectivity index (χ3n) is 2.22. The van der Waals surface area contributed by atoms with Gasteiger partial charge in [0, 0.05) is 22.8 Å². The number of Topliss-reactive ketones (excluding diaryl/α,β-unsaturated/α-hetero) is 1. The molecule has 0 radical (unpaired) electrons. The van der Waals surface area contributed by atoms with Crippen LogP contribution in [-0.2, 0) is 0 Å². The number of pyridine rings is 1. The van der Waals surface area contributed by atoms with Gasteiger partial charge < -0.3 is 11.5 Å². The fourth-order valence-electron chi connectivity index (χ4n) is 1.41. The maximum absolute atomic E-state index is 11.3. The van der Waals surface area contributed by atoms with Gasteiger partial charge in [-0.2, -0.15) is 0 Å². The fourth-order valence-corrected chi connectivity index (χ4v) is 1.41. The molecule has 4 N–H and O–H groups in total. The summed E-state index contributed by atoms with van der Waals surface area (Å²) in [6, 6.07) is 7.16. The first kappa shape index (κ1) is 14.1. The van der Waals surface area contributed by atoms with Gasteiger partial charge in [0.15, 0.2) is 5.78 Å². The molecule has 0 amide bonds. The van der Waals surface area contributed by atoms with E-state index in [-0.39, 0.29) is 12.3 Å². The van der Waals surface area contributed by atoms with E-state index in [1.165, 1.54) is 12.6 Å². The van der Waals surface area contributed by atoms with Crippen molar-refractivity contribution in [3.8, 4) is 0 Å². The Balaban J connectivity index is 0.000000492. The molecule has 18 heavy (non-hydrogen) atoms. The van der Waals surface area contributed by atoms with E-state index >= 15 is 0 Å². The van der Waals surface area contributed by atoms with Crippen LogP contribution in [0.15, 0.2) is 30.5 Å². The zero-order valence-electron chi connectivity index (χ0n) is 10.8. The van der Waals surface area contributed by atoms with E-state index in [1.54, 1.807) is 18.2 Å². The van der Waals surface area contributed by atoms with Crippen molar-refractivity contribution in [2.45, 2.75) is 20.3 Å². The van der Waals surface area contributed by atoms with Gasteiger partial charge in [0.05, 0.1) is 12.1 Å². The summed E-state index contributed by atoms with van der Waals surface area (Å²) >= 11 is 0. The second-order valence-electron chi connectivity index (χ2n) is 4.01. The summed E-state index contributed by atoms with van der Waals surface area (Å²) in [5.41, 5.74) is 12.9. The SMILES string of the molecule is CCC.NCC(=O)c1cnc2cc(N)ccc2c1. The Hall–Kier alpha value is -1.94. The van der Waals surface area contributed by atoms with E-state index in [9.17, 15) is 4.79 Å². The molecule has 0 aliphatic heterocycles. The number of rotatable bonds is 2. The van der Waals surface area contributed by atoms with Crippen LogP contribution in [0.4, 0.5) is 5.69 Å². The van der Waals surface area contributed by atoms with Crippen LogP contribution < -0.4 is 11.5 Å². The normalized spacial score (nSPS) is 9.72. The van der Waals surface area contributed by atoms with Crippen LogP contribution in [0.5, 0.6) is 0 Å². The van der Waals surface area contributed by atoms with Crippen LogP contribution in [-0.4, -0.2) is 17.3 Å². The number of benzene rings is 1. The molecule has 0 bridgehead atoms. The van der Waals surface area contributed by atoms with Crippen molar-refractivity contribution in [2.24, 2.45) is 5.73 Å². The lowest BCUT2D eigenvalue weighted by Gasteiger charge is -2.01. The first-order valence-corrected chi connectivity index (χ1v) is 6.00. The number of nitrogens with two attached hydrogens (primary N) is 2. The Bertz CT molecular complexity index is 538. The monoisotopic (exact) mass is 245 g/mol. The molecule has 1 aromatic heterocycles. The predicted octanol–water partition coefficient (Wildman–Crippen LogP) is 2.37. The van der Waals surface area contributed by atoms with E-state index < -0.39 is 0 Å². The van der Waals surface area contributed by atoms with Gasteiger partial charge in [-0.3, -0.25) is 9.78 Å². The van der Waals surface area contributed by atoms with Crippen LogP contribution in [0.1, 0.15) is 30.6 Å². The molecule has 2 aromatic rings. The molecule has 4 nitrogen and oxygen atoms in total. The van der Waals surface area contributed by atoms with Gasteiger partial charge in [0.2, 0.25) is 0 Å². The summed E-state index contributed by atoms with van der Waals surface area (Å²) in [6.45, 7) is 4.25. The number of aromatic nitrogens is 1. The molecule has 0 aliphatic carbocycles. The van der Waals surface area contributed by atoms with Gasteiger partial charge >= 0.3 is 0 Å². The van der Waals surface area contributed by atoms with Crippen molar-refractivity contribution in [2.75, 3.05) is 12.3 Å². The molecular formula is C14H19N3O. The maximum Gasteiger partial charge on any atom is 0.177 e. The number of anilines is 1. The minimum absolute atomic E-state index is 0.00214. The second kappa shape index (κ2) is 6.71. The highest BCUT2D eigenvalue weighted by atomic mass is 16.1. The van der Waals surface area contributed by atoms with Crippen LogP contribution >= 0.6 is 0 Å². The average molecular weight is 245 g/mol. The van der Waals surface area contributed by atoms with E-state index in [0.29, 0.717) is 11.3 Å². The van der Waals surface area contributed by atoms with Gasteiger partial charge in [0.25, 0.3) is 0 Å². The average Bonchev–Trinajstić information content (AvgIpc) is 2.38. The number of ketones is 1. The summed E-state index contributed by atoms with van der Waals surface area (Å²) in [7, 11) is 0. The summed E-state index contributed by atoms with van der Waals surface area (Å²) in [5, 5.41) is 0.892. The van der Waals surface area contributed by atoms with Gasteiger partial charge in [-0.15, -0.1) is 0 Å². The molecule has 1 heterocycles. The zero-order chi connectivity index (χ0) is 13.5. The standard InChI is InChI=1S/C11H11N3O.C3H8/c12-5-11(15)8-3-7-1-2-9(13)4-10(7)14-6-8;1-3-2/h1-4,6H,5,12-13H2;3H2,1-2H3. The number of nitrogen functional groups attached to an aromatic ring is 1. The molecule has 2 rings (SSSR count). The molecule has 0 aliphatic rings. The molecule has 0 spiro atoms. The van der Waals surface area contributed by atoms with Gasteiger partial charge in [-0.1, -0.05) is 26.3 Å². The van der Waals surface area contributed by atoms with Crippen molar-refractivity contribution >= 4 is 22.4 Å². The number of nitrogens with zero attached hydrogens (tertiary/aromatic N) is 1. The minimum Gasteiger partial charge on any atom is -0.399 e. The molecule has 0 atom stereocenters. The van der Waals surface area contributed by atoms with E-state index in [2.05, 4.69) is 18.8 Å². The lowest BCUT2D eigenvalue weighted by atomic mass is 10.1. The fraction of sp³-hybridized carbons (Fsp3) is 0.286. The maximum atomic E-state index is 11.3. The Kier molecular flexibility index (Phi) is 5.27. The summed E-state index contributed by atoms with van der Waals surface area (Å²) in [6.07, 6.45) is 2.77.